The molecule has 0 spiro atoms. The summed E-state index contributed by atoms with van der Waals surface area (Å²) in [6.07, 6.45) is 8.61. The summed E-state index contributed by atoms with van der Waals surface area (Å²) in [6.45, 7) is 7.97. The molecule has 0 fully saturated rings. The lowest BCUT2D eigenvalue weighted by Crippen LogP contribution is -1.71. The van der Waals surface area contributed by atoms with Crippen LogP contribution in [0.15, 0.2) is 43.0 Å². The Balaban J connectivity index is 0.000000262. The van der Waals surface area contributed by atoms with Crippen LogP contribution in [0.5, 0.6) is 0 Å². The molecule has 1 rings (SSSR count). The molecule has 0 saturated carbocycles. The number of allylic oxidation sites excluding steroid dienone is 1. The Morgan fingerprint density at radius 2 is 1.73 bits per heavy atom. The highest BCUT2D eigenvalue weighted by atomic mass is 13.9. The minimum Gasteiger partial charge on any atom is -0.103 e. The summed E-state index contributed by atoms with van der Waals surface area (Å²) in [5.74, 6) is 0. The Hall–Kier alpha value is -1.04. The summed E-state index contributed by atoms with van der Waals surface area (Å²) in [5, 5.41) is 0. The highest BCUT2D eigenvalue weighted by Gasteiger charge is 1.81. The van der Waals surface area contributed by atoms with Gasteiger partial charge in [0.2, 0.25) is 0 Å². The molecule has 0 N–H and O–H groups in total. The average molecular weight is 204 g/mol. The van der Waals surface area contributed by atoms with E-state index in [2.05, 4.69) is 32.6 Å². The molecule has 0 heterocycles. The van der Waals surface area contributed by atoms with Crippen molar-refractivity contribution >= 4 is 0 Å². The van der Waals surface area contributed by atoms with E-state index in [9.17, 15) is 0 Å². The largest absolute Gasteiger partial charge is 0.103 e. The van der Waals surface area contributed by atoms with Gasteiger partial charge in [-0.05, 0) is 19.8 Å². The lowest BCUT2D eigenvalue weighted by molar-refractivity contribution is 0.675. The van der Waals surface area contributed by atoms with Crippen molar-refractivity contribution in [3.05, 3.63) is 48.6 Å². The Kier molecular flexibility index (Phi) is 10.3. The van der Waals surface area contributed by atoms with Gasteiger partial charge in [0.15, 0.2) is 0 Å². The van der Waals surface area contributed by atoms with Crippen molar-refractivity contribution < 1.29 is 0 Å². The van der Waals surface area contributed by atoms with Crippen LogP contribution in [0.2, 0.25) is 0 Å². The number of benzene rings is 1. The van der Waals surface area contributed by atoms with Crippen molar-refractivity contribution in [1.82, 2.24) is 0 Å². The van der Waals surface area contributed by atoms with Gasteiger partial charge in [0.1, 0.15) is 0 Å². The van der Waals surface area contributed by atoms with Crippen molar-refractivity contribution in [3.63, 3.8) is 0 Å². The summed E-state index contributed by atoms with van der Waals surface area (Å²) in [7, 11) is 0. The first-order chi connectivity index (χ1) is 7.31. The molecule has 0 unspecified atom stereocenters. The van der Waals surface area contributed by atoms with E-state index in [-0.39, 0.29) is 0 Å². The third-order valence-corrected chi connectivity index (χ3v) is 2.20. The molecule has 84 valence electrons. The number of hydrogen-bond acceptors (Lipinski definition) is 0. The molecule has 0 amide bonds. The van der Waals surface area contributed by atoms with Crippen LogP contribution in [0, 0.1) is 6.92 Å². The van der Waals surface area contributed by atoms with Crippen LogP contribution in [0.3, 0.4) is 0 Å². The molecule has 0 saturated heterocycles. The van der Waals surface area contributed by atoms with Crippen LogP contribution in [0.1, 0.15) is 44.6 Å². The van der Waals surface area contributed by atoms with Gasteiger partial charge in [-0.25, -0.2) is 0 Å². The third-order valence-electron chi connectivity index (χ3n) is 2.20. The van der Waals surface area contributed by atoms with Gasteiger partial charge in [-0.1, -0.05) is 68.2 Å². The van der Waals surface area contributed by atoms with Crippen LogP contribution < -0.4 is 0 Å². The molecule has 1 aromatic rings. The van der Waals surface area contributed by atoms with E-state index in [0.29, 0.717) is 0 Å². The topological polar surface area (TPSA) is 0 Å². The molecule has 0 aliphatic carbocycles. The summed E-state index contributed by atoms with van der Waals surface area (Å²) < 4.78 is 0. The zero-order chi connectivity index (χ0) is 11.4. The molecule has 0 aliphatic rings. The van der Waals surface area contributed by atoms with Crippen LogP contribution in [-0.2, 0) is 0 Å². The standard InChI is InChI=1S/C8H16.C7H8/c1-3-5-7-8-6-4-2;1-7-5-3-2-4-6-7/h3H,1,4-8H2,2H3;2-6H,1H3. The number of hydrogen-bond donors (Lipinski definition) is 0. The van der Waals surface area contributed by atoms with Crippen LogP contribution in [-0.4, -0.2) is 0 Å². The number of rotatable bonds is 5. The van der Waals surface area contributed by atoms with E-state index in [1.54, 1.807) is 0 Å². The van der Waals surface area contributed by atoms with Gasteiger partial charge in [-0.2, -0.15) is 0 Å². The highest BCUT2D eigenvalue weighted by Crippen LogP contribution is 2.01. The van der Waals surface area contributed by atoms with Crippen molar-refractivity contribution in [1.29, 1.82) is 0 Å². The quantitative estimate of drug-likeness (QED) is 0.460. The monoisotopic (exact) mass is 204 g/mol. The molecule has 0 heteroatoms. The Morgan fingerprint density at radius 3 is 2.13 bits per heavy atom. The summed E-state index contributed by atoms with van der Waals surface area (Å²) in [6, 6.07) is 10.3. The second-order valence-electron chi connectivity index (χ2n) is 3.79. The zero-order valence-corrected chi connectivity index (χ0v) is 10.2. The predicted molar refractivity (Wildman–Crippen MR) is 70.1 cm³/mol. The second-order valence-corrected chi connectivity index (χ2v) is 3.79. The summed E-state index contributed by atoms with van der Waals surface area (Å²) in [5.41, 5.74) is 1.32. The average Bonchev–Trinajstić information content (AvgIpc) is 2.27. The van der Waals surface area contributed by atoms with Crippen molar-refractivity contribution in [2.75, 3.05) is 0 Å². The van der Waals surface area contributed by atoms with Gasteiger partial charge in [0.05, 0.1) is 0 Å². The maximum Gasteiger partial charge on any atom is -0.0353 e. The van der Waals surface area contributed by atoms with Gasteiger partial charge in [-0.3, -0.25) is 0 Å². The molecule has 15 heavy (non-hydrogen) atoms. The Labute approximate surface area is 95.0 Å². The maximum absolute atomic E-state index is 3.66. The number of aryl methyl sites for hydroxylation is 1. The van der Waals surface area contributed by atoms with E-state index in [1.165, 1.54) is 37.7 Å². The zero-order valence-electron chi connectivity index (χ0n) is 10.2. The fourth-order valence-corrected chi connectivity index (χ4v) is 1.25. The van der Waals surface area contributed by atoms with E-state index in [4.69, 9.17) is 0 Å². The Bertz CT molecular complexity index is 223. The predicted octanol–water partition coefficient (Wildman–Crippen LogP) is 5.14. The molecular formula is C15H24. The minimum atomic E-state index is 1.19. The first-order valence-corrected chi connectivity index (χ1v) is 5.93. The lowest BCUT2D eigenvalue weighted by atomic mass is 10.2. The van der Waals surface area contributed by atoms with Gasteiger partial charge in [-0.15, -0.1) is 6.58 Å². The summed E-state index contributed by atoms with van der Waals surface area (Å²) in [4.78, 5) is 0. The molecule has 0 aliphatic heterocycles. The highest BCUT2D eigenvalue weighted by molar-refractivity contribution is 5.11. The second kappa shape index (κ2) is 11.0. The molecule has 0 bridgehead atoms. The van der Waals surface area contributed by atoms with Crippen LogP contribution >= 0.6 is 0 Å². The van der Waals surface area contributed by atoms with Gasteiger partial charge in [0.25, 0.3) is 0 Å². The van der Waals surface area contributed by atoms with Crippen molar-refractivity contribution in [3.8, 4) is 0 Å². The van der Waals surface area contributed by atoms with E-state index in [1.807, 2.05) is 24.3 Å². The van der Waals surface area contributed by atoms with Gasteiger partial charge in [0, 0.05) is 0 Å². The molecule has 1 aromatic carbocycles. The fourth-order valence-electron chi connectivity index (χ4n) is 1.25. The maximum atomic E-state index is 3.66. The van der Waals surface area contributed by atoms with Crippen LogP contribution in [0.4, 0.5) is 0 Å². The third kappa shape index (κ3) is 10.9. The van der Waals surface area contributed by atoms with E-state index < -0.39 is 0 Å². The SMILES string of the molecule is C=CCCCCCC.Cc1ccccc1. The van der Waals surface area contributed by atoms with Crippen molar-refractivity contribution in [2.24, 2.45) is 0 Å². The minimum absolute atomic E-state index is 1.19. The normalized spacial score (nSPS) is 8.93. The van der Waals surface area contributed by atoms with Gasteiger partial charge >= 0.3 is 0 Å². The number of unbranched alkanes of at least 4 members (excludes halogenated alkanes) is 4. The summed E-state index contributed by atoms with van der Waals surface area (Å²) >= 11 is 0. The van der Waals surface area contributed by atoms with E-state index in [0.717, 1.165) is 0 Å². The molecule has 0 radical (unpaired) electrons. The lowest BCUT2D eigenvalue weighted by Gasteiger charge is -1.91. The molecular weight excluding hydrogens is 180 g/mol. The first kappa shape index (κ1) is 14.0. The molecule has 0 atom stereocenters. The van der Waals surface area contributed by atoms with Crippen molar-refractivity contribution in [2.45, 2.75) is 46.0 Å². The first-order valence-electron chi connectivity index (χ1n) is 5.93. The molecule has 0 aromatic heterocycles. The fraction of sp³-hybridized carbons (Fsp3) is 0.467. The van der Waals surface area contributed by atoms with Crippen LogP contribution in [0.25, 0.3) is 0 Å². The Morgan fingerprint density at radius 1 is 1.07 bits per heavy atom. The molecule has 0 nitrogen and oxygen atoms in total. The van der Waals surface area contributed by atoms with E-state index >= 15 is 0 Å². The van der Waals surface area contributed by atoms with Gasteiger partial charge < -0.3 is 0 Å². The smallest absolute Gasteiger partial charge is 0.0353 e.